The molecule has 278 valence electrons. The molecule has 9 aromatic carbocycles. The summed E-state index contributed by atoms with van der Waals surface area (Å²) >= 11 is 0. The highest BCUT2D eigenvalue weighted by Gasteiger charge is 2.25. The molecule has 10 rings (SSSR count). The zero-order valence-electron chi connectivity index (χ0n) is 33.0. The Hall–Kier alpha value is -7.16. The first-order valence-corrected chi connectivity index (χ1v) is 20.1. The Bertz CT molecular complexity index is 3090. The molecule has 1 aromatic heterocycles. The number of para-hydroxylation sites is 2. The van der Waals surface area contributed by atoms with Crippen LogP contribution in [0.1, 0.15) is 26.3 Å². The first-order chi connectivity index (χ1) is 28.4. The minimum Gasteiger partial charge on any atom is -0.456 e. The summed E-state index contributed by atoms with van der Waals surface area (Å²) < 4.78 is 6.23. The molecule has 0 atom stereocenters. The summed E-state index contributed by atoms with van der Waals surface area (Å²) in [5.41, 5.74) is 15.7. The molecule has 1 heterocycles. The first-order valence-electron chi connectivity index (χ1n) is 20.1. The molecule has 0 aliphatic carbocycles. The van der Waals surface area contributed by atoms with Crippen LogP contribution in [0.5, 0.6) is 0 Å². The fourth-order valence-electron chi connectivity index (χ4n) is 8.50. The molecule has 0 saturated heterocycles. The Labute approximate surface area is 340 Å². The number of furan rings is 1. The van der Waals surface area contributed by atoms with Crippen LogP contribution in [0.2, 0.25) is 0 Å². The van der Waals surface area contributed by atoms with Gasteiger partial charge in [0.2, 0.25) is 0 Å². The van der Waals surface area contributed by atoms with Crippen molar-refractivity contribution in [1.29, 1.82) is 0 Å². The molecule has 0 fully saturated rings. The van der Waals surface area contributed by atoms with Crippen LogP contribution in [-0.2, 0) is 5.41 Å². The lowest BCUT2D eigenvalue weighted by molar-refractivity contribution is 0.590. The van der Waals surface area contributed by atoms with Gasteiger partial charge in [0.05, 0.1) is 11.4 Å². The smallest absolute Gasteiger partial charge is 0.135 e. The van der Waals surface area contributed by atoms with Crippen LogP contribution < -0.4 is 4.90 Å². The van der Waals surface area contributed by atoms with Gasteiger partial charge < -0.3 is 9.32 Å². The minimum absolute atomic E-state index is 0.0694. The third-order valence-electron chi connectivity index (χ3n) is 11.4. The average Bonchev–Trinajstić information content (AvgIpc) is 3.65. The molecule has 0 radical (unpaired) electrons. The summed E-state index contributed by atoms with van der Waals surface area (Å²) in [6.07, 6.45) is 0. The Morgan fingerprint density at radius 1 is 0.379 bits per heavy atom. The van der Waals surface area contributed by atoms with Crippen molar-refractivity contribution in [3.8, 4) is 44.5 Å². The second kappa shape index (κ2) is 14.4. The molecule has 0 aliphatic heterocycles. The highest BCUT2D eigenvalue weighted by molar-refractivity contribution is 6.09. The van der Waals surface area contributed by atoms with E-state index in [1.165, 1.54) is 44.2 Å². The molecule has 0 unspecified atom stereocenters. The van der Waals surface area contributed by atoms with E-state index in [2.05, 4.69) is 220 Å². The number of fused-ring (bicyclic) bond motifs is 4. The summed E-state index contributed by atoms with van der Waals surface area (Å²) in [5.74, 6) is 0. The van der Waals surface area contributed by atoms with E-state index in [1.807, 2.05) is 12.1 Å². The van der Waals surface area contributed by atoms with Crippen LogP contribution in [0.3, 0.4) is 0 Å². The highest BCUT2D eigenvalue weighted by Crippen LogP contribution is 2.48. The molecule has 58 heavy (non-hydrogen) atoms. The highest BCUT2D eigenvalue weighted by atomic mass is 16.3. The Morgan fingerprint density at radius 2 is 0.983 bits per heavy atom. The van der Waals surface area contributed by atoms with Gasteiger partial charge in [0, 0.05) is 27.6 Å². The number of anilines is 3. The molecular formula is C56H43NO. The van der Waals surface area contributed by atoms with Gasteiger partial charge in [-0.2, -0.15) is 0 Å². The topological polar surface area (TPSA) is 16.4 Å². The lowest BCUT2D eigenvalue weighted by Crippen LogP contribution is -2.16. The largest absolute Gasteiger partial charge is 0.456 e. The van der Waals surface area contributed by atoms with Crippen LogP contribution in [-0.4, -0.2) is 0 Å². The summed E-state index contributed by atoms with van der Waals surface area (Å²) in [4.78, 5) is 2.49. The average molecular weight is 746 g/mol. The van der Waals surface area contributed by atoms with E-state index >= 15 is 0 Å². The van der Waals surface area contributed by atoms with Crippen LogP contribution in [0.15, 0.2) is 211 Å². The van der Waals surface area contributed by atoms with Gasteiger partial charge in [0.25, 0.3) is 0 Å². The maximum atomic E-state index is 6.23. The van der Waals surface area contributed by atoms with Crippen molar-refractivity contribution in [2.24, 2.45) is 0 Å². The molecule has 0 N–H and O–H groups in total. The maximum Gasteiger partial charge on any atom is 0.135 e. The van der Waals surface area contributed by atoms with E-state index < -0.39 is 0 Å². The third-order valence-corrected chi connectivity index (χ3v) is 11.4. The van der Waals surface area contributed by atoms with Gasteiger partial charge in [-0.3, -0.25) is 0 Å². The Balaban J connectivity index is 1.25. The van der Waals surface area contributed by atoms with Crippen molar-refractivity contribution in [3.05, 3.63) is 212 Å². The van der Waals surface area contributed by atoms with Crippen LogP contribution in [0, 0.1) is 0 Å². The maximum absolute atomic E-state index is 6.23. The van der Waals surface area contributed by atoms with Crippen molar-refractivity contribution in [3.63, 3.8) is 0 Å². The predicted octanol–water partition coefficient (Wildman–Crippen LogP) is 16.2. The van der Waals surface area contributed by atoms with Crippen molar-refractivity contribution < 1.29 is 4.42 Å². The van der Waals surface area contributed by atoms with Crippen molar-refractivity contribution in [2.45, 2.75) is 26.2 Å². The number of hydrogen-bond acceptors (Lipinski definition) is 2. The monoisotopic (exact) mass is 745 g/mol. The van der Waals surface area contributed by atoms with E-state index in [-0.39, 0.29) is 5.41 Å². The standard InChI is InChI=1S/C56H43NO/c1-56(2,3)43-32-33-45(38-17-6-4-7-18-38)52(37-43)57(44-24-14-23-41(35-44)42-31-34-54-50(36-42)48-26-11-13-30-53(48)58-54)51-29-12-10-25-47(51)49-28-16-22-40-21-15-27-46(55(40)49)39-19-8-5-9-20-39/h4-37H,1-3H3. The summed E-state index contributed by atoms with van der Waals surface area (Å²) in [6.45, 7) is 6.89. The van der Waals surface area contributed by atoms with E-state index in [4.69, 9.17) is 4.42 Å². The van der Waals surface area contributed by atoms with Gasteiger partial charge >= 0.3 is 0 Å². The molecule has 2 heteroatoms. The fraction of sp³-hybridized carbons (Fsp3) is 0.0714. The zero-order chi connectivity index (χ0) is 39.2. The lowest BCUT2D eigenvalue weighted by Gasteiger charge is -2.32. The van der Waals surface area contributed by atoms with Gasteiger partial charge in [-0.1, -0.05) is 185 Å². The molecule has 2 nitrogen and oxygen atoms in total. The molecule has 10 aromatic rings. The van der Waals surface area contributed by atoms with Gasteiger partial charge in [-0.25, -0.2) is 0 Å². The molecule has 0 amide bonds. The van der Waals surface area contributed by atoms with Crippen LogP contribution in [0.4, 0.5) is 17.1 Å². The quantitative estimate of drug-likeness (QED) is 0.162. The third kappa shape index (κ3) is 6.33. The lowest BCUT2D eigenvalue weighted by atomic mass is 9.85. The number of benzene rings is 9. The zero-order valence-corrected chi connectivity index (χ0v) is 33.0. The second-order valence-electron chi connectivity index (χ2n) is 16.1. The van der Waals surface area contributed by atoms with E-state index in [9.17, 15) is 0 Å². The summed E-state index contributed by atoms with van der Waals surface area (Å²) in [5, 5.41) is 4.70. The van der Waals surface area contributed by atoms with E-state index in [0.29, 0.717) is 0 Å². The molecule has 0 saturated carbocycles. The van der Waals surface area contributed by atoms with Crippen LogP contribution in [0.25, 0.3) is 77.2 Å². The second-order valence-corrected chi connectivity index (χ2v) is 16.1. The Kier molecular flexibility index (Phi) is 8.76. The summed E-state index contributed by atoms with van der Waals surface area (Å²) in [6, 6.07) is 74.7. The molecule has 0 bridgehead atoms. The molecule has 0 spiro atoms. The number of nitrogens with zero attached hydrogens (tertiary/aromatic N) is 1. The van der Waals surface area contributed by atoms with Crippen molar-refractivity contribution in [1.82, 2.24) is 0 Å². The number of hydrogen-bond donors (Lipinski definition) is 0. The normalized spacial score (nSPS) is 11.7. The Morgan fingerprint density at radius 3 is 1.76 bits per heavy atom. The van der Waals surface area contributed by atoms with E-state index in [0.717, 1.165) is 55.7 Å². The van der Waals surface area contributed by atoms with Gasteiger partial charge in [0.15, 0.2) is 0 Å². The van der Waals surface area contributed by atoms with Gasteiger partial charge in [-0.15, -0.1) is 0 Å². The number of rotatable bonds is 7. The summed E-state index contributed by atoms with van der Waals surface area (Å²) in [7, 11) is 0. The van der Waals surface area contributed by atoms with Crippen molar-refractivity contribution >= 4 is 49.8 Å². The molecular weight excluding hydrogens is 703 g/mol. The fourth-order valence-corrected chi connectivity index (χ4v) is 8.50. The minimum atomic E-state index is -0.0694. The first kappa shape index (κ1) is 35.3. The van der Waals surface area contributed by atoms with Crippen LogP contribution >= 0.6 is 0 Å². The van der Waals surface area contributed by atoms with Crippen molar-refractivity contribution in [2.75, 3.05) is 4.90 Å². The SMILES string of the molecule is CC(C)(C)c1ccc(-c2ccccc2)c(N(c2cccc(-c3ccc4oc5ccccc5c4c3)c2)c2ccccc2-c2cccc3cccc(-c4ccccc4)c23)c1. The van der Waals surface area contributed by atoms with Gasteiger partial charge in [0.1, 0.15) is 11.2 Å². The molecule has 0 aliphatic rings. The van der Waals surface area contributed by atoms with Gasteiger partial charge in [-0.05, 0) is 97.6 Å². The predicted molar refractivity (Wildman–Crippen MR) is 246 cm³/mol. The van der Waals surface area contributed by atoms with E-state index in [1.54, 1.807) is 0 Å².